The monoisotopic (exact) mass is 375 g/mol. The van der Waals surface area contributed by atoms with Crippen molar-refractivity contribution in [2.45, 2.75) is 32.0 Å². The lowest BCUT2D eigenvalue weighted by Crippen LogP contribution is -2.32. The van der Waals surface area contributed by atoms with Gasteiger partial charge in [0.15, 0.2) is 11.5 Å². The van der Waals surface area contributed by atoms with E-state index in [1.54, 1.807) is 21.3 Å². The molecule has 0 spiro atoms. The molecule has 7 heteroatoms. The lowest BCUT2D eigenvalue weighted by Gasteiger charge is -2.26. The standard InChI is InChI=1S/C20H29N3O4/c1-22-14-21-10-16(22)12-23(13-17-6-5-9-27-17)11-15-7-8-18(24-2)20(26-4)19(15)25-3/h7-8,10,14,17H,5-6,9,11-13H2,1-4H3/t17-/m1/s1. The third kappa shape index (κ3) is 4.54. The van der Waals surface area contributed by atoms with Gasteiger partial charge in [0, 0.05) is 45.0 Å². The van der Waals surface area contributed by atoms with Gasteiger partial charge in [-0.15, -0.1) is 0 Å². The van der Waals surface area contributed by atoms with Crippen LogP contribution in [-0.4, -0.2) is 55.0 Å². The summed E-state index contributed by atoms with van der Waals surface area (Å²) in [4.78, 5) is 6.61. The van der Waals surface area contributed by atoms with Gasteiger partial charge >= 0.3 is 0 Å². The van der Waals surface area contributed by atoms with E-state index in [0.717, 1.165) is 43.8 Å². The zero-order chi connectivity index (χ0) is 19.2. The van der Waals surface area contributed by atoms with Crippen LogP contribution in [0.4, 0.5) is 0 Å². The molecule has 2 heterocycles. The number of rotatable bonds is 9. The predicted molar refractivity (Wildman–Crippen MR) is 102 cm³/mol. The summed E-state index contributed by atoms with van der Waals surface area (Å²) >= 11 is 0. The van der Waals surface area contributed by atoms with Gasteiger partial charge in [-0.05, 0) is 18.9 Å². The average molecular weight is 375 g/mol. The van der Waals surface area contributed by atoms with Crippen molar-refractivity contribution in [3.8, 4) is 17.2 Å². The third-order valence-electron chi connectivity index (χ3n) is 4.97. The molecule has 1 aliphatic heterocycles. The van der Waals surface area contributed by atoms with Crippen LogP contribution in [0.3, 0.4) is 0 Å². The van der Waals surface area contributed by atoms with Gasteiger partial charge in [-0.3, -0.25) is 4.90 Å². The van der Waals surface area contributed by atoms with E-state index in [9.17, 15) is 0 Å². The van der Waals surface area contributed by atoms with Gasteiger partial charge in [0.2, 0.25) is 5.75 Å². The second-order valence-electron chi connectivity index (χ2n) is 6.79. The van der Waals surface area contributed by atoms with Crippen LogP contribution in [0.15, 0.2) is 24.7 Å². The Labute approximate surface area is 160 Å². The van der Waals surface area contributed by atoms with E-state index in [1.807, 2.05) is 36.3 Å². The number of hydrogen-bond donors (Lipinski definition) is 0. The molecule has 0 radical (unpaired) electrons. The van der Waals surface area contributed by atoms with E-state index in [1.165, 1.54) is 0 Å². The number of aromatic nitrogens is 2. The van der Waals surface area contributed by atoms with Gasteiger partial charge < -0.3 is 23.5 Å². The Morgan fingerprint density at radius 1 is 1.15 bits per heavy atom. The van der Waals surface area contributed by atoms with Crippen molar-refractivity contribution in [3.05, 3.63) is 35.9 Å². The second kappa shape index (κ2) is 9.10. The summed E-state index contributed by atoms with van der Waals surface area (Å²) < 4.78 is 24.5. The molecular weight excluding hydrogens is 346 g/mol. The highest BCUT2D eigenvalue weighted by Gasteiger charge is 2.23. The normalized spacial score (nSPS) is 16.7. The highest BCUT2D eigenvalue weighted by Crippen LogP contribution is 2.40. The zero-order valence-electron chi connectivity index (χ0n) is 16.6. The quantitative estimate of drug-likeness (QED) is 0.672. The minimum absolute atomic E-state index is 0.268. The molecule has 148 valence electrons. The fraction of sp³-hybridized carbons (Fsp3) is 0.550. The van der Waals surface area contributed by atoms with Crippen molar-refractivity contribution in [2.75, 3.05) is 34.5 Å². The number of ether oxygens (including phenoxy) is 4. The molecule has 1 aromatic heterocycles. The van der Waals surface area contributed by atoms with E-state index in [2.05, 4.69) is 9.88 Å². The third-order valence-corrected chi connectivity index (χ3v) is 4.97. The van der Waals surface area contributed by atoms with Crippen LogP contribution in [0.2, 0.25) is 0 Å². The number of aryl methyl sites for hydroxylation is 1. The van der Waals surface area contributed by atoms with Gasteiger partial charge in [-0.2, -0.15) is 0 Å². The molecule has 1 fully saturated rings. The largest absolute Gasteiger partial charge is 0.493 e. The average Bonchev–Trinajstić information content (AvgIpc) is 3.33. The lowest BCUT2D eigenvalue weighted by atomic mass is 10.1. The molecular formula is C20H29N3O4. The van der Waals surface area contributed by atoms with Crippen LogP contribution >= 0.6 is 0 Å². The summed E-state index contributed by atoms with van der Waals surface area (Å²) in [5.74, 6) is 1.99. The first-order valence-electron chi connectivity index (χ1n) is 9.23. The lowest BCUT2D eigenvalue weighted by molar-refractivity contribution is 0.0668. The van der Waals surface area contributed by atoms with Gasteiger partial charge in [0.1, 0.15) is 0 Å². The molecule has 1 aromatic carbocycles. The van der Waals surface area contributed by atoms with Gasteiger partial charge in [-0.1, -0.05) is 6.07 Å². The number of hydrogen-bond acceptors (Lipinski definition) is 6. The van der Waals surface area contributed by atoms with Crippen molar-refractivity contribution in [1.29, 1.82) is 0 Å². The first kappa shape index (κ1) is 19.5. The molecule has 0 N–H and O–H groups in total. The molecule has 27 heavy (non-hydrogen) atoms. The van der Waals surface area contributed by atoms with Gasteiger partial charge in [0.05, 0.1) is 39.5 Å². The first-order valence-corrected chi connectivity index (χ1v) is 9.23. The highest BCUT2D eigenvalue weighted by atomic mass is 16.5. The maximum atomic E-state index is 5.87. The molecule has 1 atom stereocenters. The summed E-state index contributed by atoms with van der Waals surface area (Å²) in [6, 6.07) is 3.96. The fourth-order valence-corrected chi connectivity index (χ4v) is 3.56. The molecule has 7 nitrogen and oxygen atoms in total. The van der Waals surface area contributed by atoms with Crippen LogP contribution < -0.4 is 14.2 Å². The van der Waals surface area contributed by atoms with Crippen LogP contribution in [0.1, 0.15) is 24.1 Å². The van der Waals surface area contributed by atoms with Crippen molar-refractivity contribution < 1.29 is 18.9 Å². The topological polar surface area (TPSA) is 58.0 Å². The Balaban J connectivity index is 1.85. The molecule has 3 rings (SSSR count). The summed E-state index contributed by atoms with van der Waals surface area (Å²) in [5, 5.41) is 0. The number of methoxy groups -OCH3 is 3. The molecule has 1 saturated heterocycles. The predicted octanol–water partition coefficient (Wildman–Crippen LogP) is 2.63. The van der Waals surface area contributed by atoms with Crippen molar-refractivity contribution in [1.82, 2.24) is 14.5 Å². The van der Waals surface area contributed by atoms with Gasteiger partial charge in [0.25, 0.3) is 0 Å². The zero-order valence-corrected chi connectivity index (χ0v) is 16.6. The van der Waals surface area contributed by atoms with Crippen LogP contribution in [0.5, 0.6) is 17.2 Å². The summed E-state index contributed by atoms with van der Waals surface area (Å²) in [5.41, 5.74) is 2.21. The highest BCUT2D eigenvalue weighted by molar-refractivity contribution is 5.55. The molecule has 0 unspecified atom stereocenters. The first-order chi connectivity index (χ1) is 13.2. The van der Waals surface area contributed by atoms with Crippen molar-refractivity contribution in [3.63, 3.8) is 0 Å². The molecule has 0 saturated carbocycles. The smallest absolute Gasteiger partial charge is 0.203 e. The minimum atomic E-state index is 0.268. The minimum Gasteiger partial charge on any atom is -0.493 e. The van der Waals surface area contributed by atoms with E-state index < -0.39 is 0 Å². The van der Waals surface area contributed by atoms with Crippen molar-refractivity contribution in [2.24, 2.45) is 7.05 Å². The summed E-state index contributed by atoms with van der Waals surface area (Å²) in [7, 11) is 6.93. The van der Waals surface area contributed by atoms with E-state index in [0.29, 0.717) is 23.8 Å². The molecule has 1 aliphatic rings. The summed E-state index contributed by atoms with van der Waals surface area (Å²) in [6.07, 6.45) is 6.24. The Hall–Kier alpha value is -2.25. The SMILES string of the molecule is COc1ccc(CN(Cc2cncn2C)C[C@H]2CCCO2)c(OC)c1OC. The Morgan fingerprint density at radius 2 is 1.96 bits per heavy atom. The van der Waals surface area contributed by atoms with E-state index >= 15 is 0 Å². The molecule has 0 aliphatic carbocycles. The van der Waals surface area contributed by atoms with Crippen LogP contribution in [-0.2, 0) is 24.9 Å². The molecule has 0 amide bonds. The molecule has 2 aromatic rings. The Morgan fingerprint density at radius 3 is 2.56 bits per heavy atom. The van der Waals surface area contributed by atoms with E-state index in [4.69, 9.17) is 18.9 Å². The number of benzene rings is 1. The maximum Gasteiger partial charge on any atom is 0.203 e. The summed E-state index contributed by atoms with van der Waals surface area (Å²) in [6.45, 7) is 3.22. The Bertz CT molecular complexity index is 741. The van der Waals surface area contributed by atoms with Crippen molar-refractivity contribution >= 4 is 0 Å². The maximum absolute atomic E-state index is 5.87. The molecule has 0 bridgehead atoms. The number of imidazole rings is 1. The fourth-order valence-electron chi connectivity index (χ4n) is 3.56. The second-order valence-corrected chi connectivity index (χ2v) is 6.79. The van der Waals surface area contributed by atoms with Gasteiger partial charge in [-0.25, -0.2) is 4.98 Å². The van der Waals surface area contributed by atoms with E-state index in [-0.39, 0.29) is 6.10 Å². The Kier molecular flexibility index (Phi) is 6.58. The van der Waals surface area contributed by atoms with Crippen LogP contribution in [0.25, 0.3) is 0 Å². The number of nitrogens with zero attached hydrogens (tertiary/aromatic N) is 3. The van der Waals surface area contributed by atoms with Crippen LogP contribution in [0, 0.1) is 0 Å².